The van der Waals surface area contributed by atoms with Crippen molar-refractivity contribution in [1.29, 1.82) is 0 Å². The third kappa shape index (κ3) is 25.9. The van der Waals surface area contributed by atoms with E-state index in [1.54, 1.807) is 23.5 Å². The van der Waals surface area contributed by atoms with Crippen LogP contribution in [0, 0.1) is 5.92 Å². The van der Waals surface area contributed by atoms with Crippen LogP contribution in [-0.2, 0) is 46.4 Å². The number of hydrogen-bond acceptors (Lipinski definition) is 9. The summed E-state index contributed by atoms with van der Waals surface area (Å²) in [5, 5.41) is 23.7. The highest BCUT2D eigenvalue weighted by molar-refractivity contribution is 7.98. The van der Waals surface area contributed by atoms with Gasteiger partial charge in [0.25, 0.3) is 0 Å². The molecule has 0 saturated heterocycles. The van der Waals surface area contributed by atoms with Gasteiger partial charge in [-0.15, -0.1) is 0 Å². The molecular weight excluding hydrogens is 877 g/mol. The summed E-state index contributed by atoms with van der Waals surface area (Å²) in [6, 6.07) is 13.9. The Balaban J connectivity index is 1.63. The molecule has 0 bridgehead atoms. The largest absolute Gasteiger partial charge is 0.480 e. The molecule has 2 rings (SSSR count). The molecule has 0 saturated carbocycles. The molecule has 368 valence electrons. The normalized spacial score (nSPS) is 13.4. The highest BCUT2D eigenvalue weighted by atomic mass is 32.2. The number of carboxylic acids is 1. The van der Waals surface area contributed by atoms with Gasteiger partial charge in [-0.05, 0) is 73.2 Å². The maximum absolute atomic E-state index is 13.5. The summed E-state index contributed by atoms with van der Waals surface area (Å²) in [5.41, 5.74) is 7.29. The van der Waals surface area contributed by atoms with Crippen LogP contribution in [0.4, 0.5) is 0 Å². The first kappa shape index (κ1) is 57.6. The van der Waals surface area contributed by atoms with Crippen LogP contribution in [0.15, 0.2) is 60.7 Å². The van der Waals surface area contributed by atoms with E-state index in [9.17, 15) is 38.7 Å². The summed E-state index contributed by atoms with van der Waals surface area (Å²) in [6.07, 6.45) is 18.2. The molecule has 0 aromatic heterocycles. The van der Waals surface area contributed by atoms with Gasteiger partial charge in [0.15, 0.2) is 0 Å². The van der Waals surface area contributed by atoms with Gasteiger partial charge in [0.2, 0.25) is 35.4 Å². The summed E-state index contributed by atoms with van der Waals surface area (Å²) >= 11 is 3.13. The molecule has 5 atom stereocenters. The van der Waals surface area contributed by atoms with Gasteiger partial charge in [0, 0.05) is 25.7 Å². The molecule has 8 N–H and O–H groups in total. The molecule has 16 heteroatoms. The Kier molecular flexibility index (Phi) is 30.3. The van der Waals surface area contributed by atoms with Crippen molar-refractivity contribution in [3.05, 3.63) is 71.8 Å². The van der Waals surface area contributed by atoms with Crippen LogP contribution in [0.25, 0.3) is 0 Å². The van der Waals surface area contributed by atoms with Crippen LogP contribution >= 0.6 is 23.5 Å². The molecule has 0 aliphatic carbocycles. The molecule has 6 amide bonds. The summed E-state index contributed by atoms with van der Waals surface area (Å²) in [7, 11) is 0. The second kappa shape index (κ2) is 34.7. The predicted octanol–water partition coefficient (Wildman–Crippen LogP) is 6.48. The first-order valence-corrected chi connectivity index (χ1v) is 26.6. The number of carbonyl (C=O) groups is 7. The lowest BCUT2D eigenvalue weighted by molar-refractivity contribution is -0.142. The molecule has 0 fully saturated rings. The number of thioether (sulfide) groups is 2. The molecule has 0 aliphatic heterocycles. The van der Waals surface area contributed by atoms with Gasteiger partial charge in [0.1, 0.15) is 30.2 Å². The van der Waals surface area contributed by atoms with Crippen molar-refractivity contribution in [3.63, 3.8) is 0 Å². The highest BCUT2D eigenvalue weighted by Crippen LogP contribution is 2.15. The van der Waals surface area contributed by atoms with Gasteiger partial charge in [-0.25, -0.2) is 4.79 Å². The van der Waals surface area contributed by atoms with Crippen LogP contribution in [-0.4, -0.2) is 101 Å². The van der Waals surface area contributed by atoms with E-state index in [1.165, 1.54) is 0 Å². The number of aliphatic carboxylic acids is 1. The number of rotatable bonds is 37. The van der Waals surface area contributed by atoms with Crippen LogP contribution in [0.1, 0.15) is 134 Å². The molecule has 0 radical (unpaired) electrons. The predicted molar refractivity (Wildman–Crippen MR) is 267 cm³/mol. The Morgan fingerprint density at radius 2 is 0.848 bits per heavy atom. The average molecular weight is 955 g/mol. The molecule has 0 unspecified atom stereocenters. The number of nitrogens with one attached hydrogen (secondary N) is 5. The van der Waals surface area contributed by atoms with E-state index in [-0.39, 0.29) is 30.6 Å². The number of carboxylic acid groups (broad SMARTS) is 1. The van der Waals surface area contributed by atoms with Gasteiger partial charge in [-0.2, -0.15) is 23.5 Å². The SMILES string of the molecule is CSCC[C@H](NC(=O)CCCCCCCCCCCCCCC(=O)N[C@@H](CCSC)C(=O)N[C@@H](CC(C)C)C(=O)N[C@@H](Cc1ccccc1)C(N)=O)C(=O)N[C@@H](Cc1ccccc1)C(=O)O. The number of nitrogens with two attached hydrogens (primary N) is 1. The van der Waals surface area contributed by atoms with E-state index in [4.69, 9.17) is 5.73 Å². The lowest BCUT2D eigenvalue weighted by Gasteiger charge is -2.26. The third-order valence-electron chi connectivity index (χ3n) is 11.3. The van der Waals surface area contributed by atoms with Crippen molar-refractivity contribution in [2.24, 2.45) is 11.7 Å². The lowest BCUT2D eigenvalue weighted by atomic mass is 10.0. The van der Waals surface area contributed by atoms with Crippen molar-refractivity contribution in [2.45, 2.75) is 166 Å². The summed E-state index contributed by atoms with van der Waals surface area (Å²) in [6.45, 7) is 3.89. The van der Waals surface area contributed by atoms with Crippen molar-refractivity contribution >= 4 is 64.9 Å². The van der Waals surface area contributed by atoms with Crippen molar-refractivity contribution in [1.82, 2.24) is 26.6 Å². The zero-order chi connectivity index (χ0) is 48.5. The number of hydrogen-bond donors (Lipinski definition) is 7. The van der Waals surface area contributed by atoms with Crippen LogP contribution in [0.2, 0.25) is 0 Å². The number of primary amides is 1. The first-order chi connectivity index (χ1) is 31.7. The molecule has 0 heterocycles. The second-order valence-electron chi connectivity index (χ2n) is 17.5. The number of benzene rings is 2. The Labute approximate surface area is 402 Å². The summed E-state index contributed by atoms with van der Waals surface area (Å²) in [4.78, 5) is 89.8. The fraction of sp³-hybridized carbons (Fsp3) is 0.620. The van der Waals surface area contributed by atoms with E-state index in [0.29, 0.717) is 43.6 Å². The van der Waals surface area contributed by atoms with Crippen LogP contribution in [0.3, 0.4) is 0 Å². The maximum Gasteiger partial charge on any atom is 0.326 e. The molecule has 66 heavy (non-hydrogen) atoms. The Morgan fingerprint density at radius 1 is 0.500 bits per heavy atom. The summed E-state index contributed by atoms with van der Waals surface area (Å²) < 4.78 is 0. The molecule has 2 aromatic rings. The highest BCUT2D eigenvalue weighted by Gasteiger charge is 2.30. The lowest BCUT2D eigenvalue weighted by Crippen LogP contribution is -2.57. The minimum Gasteiger partial charge on any atom is -0.480 e. The van der Waals surface area contributed by atoms with E-state index >= 15 is 0 Å². The zero-order valence-corrected chi connectivity index (χ0v) is 41.4. The van der Waals surface area contributed by atoms with Gasteiger partial charge < -0.3 is 37.4 Å². The fourth-order valence-corrected chi connectivity index (χ4v) is 8.47. The standard InChI is InChI=1S/C50H78N6O8S2/c1-36(2)33-42(49(62)54-41(46(51)59)34-37-23-17-15-18-24-37)55-47(60)39(29-31-65-3)52-44(57)27-21-13-11-9-7-5-6-8-10-12-14-22-28-45(58)53-40(30-32-66-4)48(61)56-43(50(63)64)35-38-25-19-16-20-26-38/h15-20,23-26,36,39-43H,5-14,21-22,27-35H2,1-4H3,(H2,51,59)(H,52,57)(H,53,58)(H,54,62)(H,55,60)(H,56,61)(H,63,64)/t39-,40-,41-,42-,43-/m0/s1. The monoisotopic (exact) mass is 955 g/mol. The van der Waals surface area contributed by atoms with Gasteiger partial charge in [-0.3, -0.25) is 28.8 Å². The average Bonchev–Trinajstić information content (AvgIpc) is 3.28. The molecule has 0 aliphatic rings. The van der Waals surface area contributed by atoms with Crippen LogP contribution < -0.4 is 32.3 Å². The third-order valence-corrected chi connectivity index (χ3v) is 12.6. The summed E-state index contributed by atoms with van der Waals surface area (Å²) in [5.74, 6) is -2.20. The van der Waals surface area contributed by atoms with Crippen LogP contribution in [0.5, 0.6) is 0 Å². The van der Waals surface area contributed by atoms with Gasteiger partial charge in [-0.1, -0.05) is 139 Å². The van der Waals surface area contributed by atoms with E-state index < -0.39 is 59.8 Å². The molecule has 0 spiro atoms. The number of carbonyl (C=O) groups excluding carboxylic acids is 6. The van der Waals surface area contributed by atoms with Gasteiger partial charge >= 0.3 is 5.97 Å². The Hall–Kier alpha value is -4.57. The van der Waals surface area contributed by atoms with E-state index in [2.05, 4.69) is 26.6 Å². The Morgan fingerprint density at radius 3 is 1.21 bits per heavy atom. The van der Waals surface area contributed by atoms with E-state index in [0.717, 1.165) is 88.2 Å². The topological polar surface area (TPSA) is 226 Å². The van der Waals surface area contributed by atoms with Crippen molar-refractivity contribution in [2.75, 3.05) is 24.0 Å². The zero-order valence-electron chi connectivity index (χ0n) is 39.8. The molecule has 2 aromatic carbocycles. The minimum absolute atomic E-state index is 0.0696. The van der Waals surface area contributed by atoms with E-state index in [1.807, 2.05) is 87.0 Å². The maximum atomic E-state index is 13.5. The number of unbranched alkanes of at least 4 members (excludes halogenated alkanes) is 11. The van der Waals surface area contributed by atoms with Gasteiger partial charge in [0.05, 0.1) is 0 Å². The quantitative estimate of drug-likeness (QED) is 0.0365. The molecular formula is C50H78N6O8S2. The van der Waals surface area contributed by atoms with Crippen molar-refractivity contribution in [3.8, 4) is 0 Å². The van der Waals surface area contributed by atoms with Crippen molar-refractivity contribution < 1.29 is 38.7 Å². The second-order valence-corrected chi connectivity index (χ2v) is 19.5. The Bertz CT molecular complexity index is 1740. The minimum atomic E-state index is -1.12. The number of amides is 6. The molecule has 14 nitrogen and oxygen atoms in total. The first-order valence-electron chi connectivity index (χ1n) is 23.8. The fourth-order valence-electron chi connectivity index (χ4n) is 7.52. The smallest absolute Gasteiger partial charge is 0.326 e.